The van der Waals surface area contributed by atoms with Gasteiger partial charge in [0.05, 0.1) is 14.2 Å². The van der Waals surface area contributed by atoms with Gasteiger partial charge in [0, 0.05) is 18.2 Å². The zero-order valence-corrected chi connectivity index (χ0v) is 12.4. The van der Waals surface area contributed by atoms with Gasteiger partial charge in [0.1, 0.15) is 17.0 Å². The Hall–Kier alpha value is -2.24. The molecular formula is C15H19NO5. The number of benzene rings is 1. The lowest BCUT2D eigenvalue weighted by Gasteiger charge is -2.31. The third kappa shape index (κ3) is 2.66. The van der Waals surface area contributed by atoms with Crippen molar-refractivity contribution in [2.75, 3.05) is 20.8 Å². The molecule has 1 aliphatic rings. The molecule has 6 heteroatoms. The first-order chi connectivity index (χ1) is 9.92. The van der Waals surface area contributed by atoms with Crippen LogP contribution in [0.15, 0.2) is 18.2 Å². The number of nitrogens with zero attached hydrogens (tertiary/aromatic N) is 1. The van der Waals surface area contributed by atoms with Crippen molar-refractivity contribution in [1.29, 1.82) is 0 Å². The molecule has 0 saturated carbocycles. The number of likely N-dealkylation sites (tertiary alicyclic amines) is 1. The lowest BCUT2D eigenvalue weighted by atomic mass is 9.98. The van der Waals surface area contributed by atoms with Crippen LogP contribution in [0.3, 0.4) is 0 Å². The van der Waals surface area contributed by atoms with Crippen molar-refractivity contribution in [2.45, 2.75) is 25.3 Å². The fourth-order valence-corrected chi connectivity index (χ4v) is 2.60. The summed E-state index contributed by atoms with van der Waals surface area (Å²) in [6.07, 6.45) is 1.13. The molecule has 1 aromatic carbocycles. The zero-order valence-electron chi connectivity index (χ0n) is 12.4. The molecule has 1 N–H and O–H groups in total. The van der Waals surface area contributed by atoms with Crippen LogP contribution in [0.2, 0.25) is 0 Å². The number of hydrogen-bond acceptors (Lipinski definition) is 4. The predicted octanol–water partition coefficient (Wildman–Crippen LogP) is 1.78. The third-order valence-corrected chi connectivity index (χ3v) is 3.95. The van der Waals surface area contributed by atoms with E-state index in [2.05, 4.69) is 0 Å². The van der Waals surface area contributed by atoms with Gasteiger partial charge in [-0.2, -0.15) is 0 Å². The standard InChI is InChI=1S/C15H19NO5/c1-15(14(18)19)5-4-6-16(15)13(17)10-7-11(20-2)9-12(8-10)21-3/h7-9H,4-6H2,1-3H3,(H,18,19). The van der Waals surface area contributed by atoms with E-state index in [-0.39, 0.29) is 5.91 Å². The molecule has 1 amide bonds. The second kappa shape index (κ2) is 5.63. The van der Waals surface area contributed by atoms with Crippen molar-refractivity contribution in [3.05, 3.63) is 23.8 Å². The lowest BCUT2D eigenvalue weighted by Crippen LogP contribution is -2.50. The Labute approximate surface area is 123 Å². The number of hydrogen-bond donors (Lipinski definition) is 1. The SMILES string of the molecule is COc1cc(OC)cc(C(=O)N2CCCC2(C)C(=O)O)c1. The summed E-state index contributed by atoms with van der Waals surface area (Å²) in [5.74, 6) is -0.319. The van der Waals surface area contributed by atoms with E-state index in [1.54, 1.807) is 25.1 Å². The molecule has 21 heavy (non-hydrogen) atoms. The van der Waals surface area contributed by atoms with Crippen LogP contribution < -0.4 is 9.47 Å². The number of carbonyl (C=O) groups excluding carboxylic acids is 1. The van der Waals surface area contributed by atoms with Crippen molar-refractivity contribution in [2.24, 2.45) is 0 Å². The Morgan fingerprint density at radius 1 is 1.19 bits per heavy atom. The Kier molecular flexibility index (Phi) is 4.06. The van der Waals surface area contributed by atoms with Crippen LogP contribution in [-0.2, 0) is 4.79 Å². The average molecular weight is 293 g/mol. The quantitative estimate of drug-likeness (QED) is 0.915. The minimum atomic E-state index is -1.16. The van der Waals surface area contributed by atoms with Crippen LogP contribution in [0.5, 0.6) is 11.5 Å². The number of amides is 1. The Balaban J connectivity index is 2.38. The smallest absolute Gasteiger partial charge is 0.329 e. The second-order valence-corrected chi connectivity index (χ2v) is 5.24. The number of carboxylic acid groups (broad SMARTS) is 1. The van der Waals surface area contributed by atoms with Gasteiger partial charge in [-0.15, -0.1) is 0 Å². The molecule has 0 bridgehead atoms. The maximum atomic E-state index is 12.7. The molecule has 0 aliphatic carbocycles. The summed E-state index contributed by atoms with van der Waals surface area (Å²) < 4.78 is 10.3. The number of carbonyl (C=O) groups is 2. The largest absolute Gasteiger partial charge is 0.497 e. The van der Waals surface area contributed by atoms with E-state index in [1.165, 1.54) is 19.1 Å². The molecule has 2 rings (SSSR count). The first-order valence-electron chi connectivity index (χ1n) is 6.71. The summed E-state index contributed by atoms with van der Waals surface area (Å²) in [6.45, 7) is 2.01. The van der Waals surface area contributed by atoms with Gasteiger partial charge in [-0.3, -0.25) is 4.79 Å². The van der Waals surface area contributed by atoms with Crippen LogP contribution >= 0.6 is 0 Å². The van der Waals surface area contributed by atoms with Crippen molar-refractivity contribution < 1.29 is 24.2 Å². The molecule has 0 spiro atoms. The van der Waals surface area contributed by atoms with Crippen molar-refractivity contribution in [1.82, 2.24) is 4.90 Å². The van der Waals surface area contributed by atoms with Crippen LogP contribution in [0.25, 0.3) is 0 Å². The summed E-state index contributed by atoms with van der Waals surface area (Å²) in [5, 5.41) is 9.40. The lowest BCUT2D eigenvalue weighted by molar-refractivity contribution is -0.147. The molecule has 1 saturated heterocycles. The monoisotopic (exact) mass is 293 g/mol. The Morgan fingerprint density at radius 2 is 1.76 bits per heavy atom. The maximum Gasteiger partial charge on any atom is 0.329 e. The van der Waals surface area contributed by atoms with E-state index in [4.69, 9.17) is 9.47 Å². The van der Waals surface area contributed by atoms with Gasteiger partial charge in [-0.25, -0.2) is 4.79 Å². The van der Waals surface area contributed by atoms with E-state index in [0.29, 0.717) is 36.4 Å². The van der Waals surface area contributed by atoms with Gasteiger partial charge in [0.25, 0.3) is 5.91 Å². The highest BCUT2D eigenvalue weighted by Crippen LogP contribution is 2.32. The molecule has 0 aromatic heterocycles. The fourth-order valence-electron chi connectivity index (χ4n) is 2.60. The van der Waals surface area contributed by atoms with Crippen LogP contribution in [0.1, 0.15) is 30.1 Å². The normalized spacial score (nSPS) is 21.2. The first-order valence-corrected chi connectivity index (χ1v) is 6.71. The molecule has 1 fully saturated rings. The predicted molar refractivity (Wildman–Crippen MR) is 75.9 cm³/mol. The molecule has 1 atom stereocenters. The highest BCUT2D eigenvalue weighted by molar-refractivity contribution is 5.98. The number of methoxy groups -OCH3 is 2. The van der Waals surface area contributed by atoms with Gasteiger partial charge in [0.2, 0.25) is 0 Å². The third-order valence-electron chi connectivity index (χ3n) is 3.95. The van der Waals surface area contributed by atoms with Crippen LogP contribution in [0, 0.1) is 0 Å². The van der Waals surface area contributed by atoms with Gasteiger partial charge < -0.3 is 19.5 Å². The van der Waals surface area contributed by atoms with Gasteiger partial charge >= 0.3 is 5.97 Å². The number of rotatable bonds is 4. The van der Waals surface area contributed by atoms with Crippen molar-refractivity contribution in [3.63, 3.8) is 0 Å². The van der Waals surface area contributed by atoms with Gasteiger partial charge in [-0.05, 0) is 31.9 Å². The molecule has 6 nitrogen and oxygen atoms in total. The number of ether oxygens (including phenoxy) is 2. The summed E-state index contributed by atoms with van der Waals surface area (Å²) in [4.78, 5) is 25.5. The Morgan fingerprint density at radius 3 is 2.24 bits per heavy atom. The van der Waals surface area contributed by atoms with E-state index in [0.717, 1.165) is 0 Å². The van der Waals surface area contributed by atoms with Gasteiger partial charge in [0.15, 0.2) is 0 Å². The van der Waals surface area contributed by atoms with Gasteiger partial charge in [-0.1, -0.05) is 0 Å². The molecule has 1 aliphatic heterocycles. The highest BCUT2D eigenvalue weighted by Gasteiger charge is 2.46. The highest BCUT2D eigenvalue weighted by atomic mass is 16.5. The minimum Gasteiger partial charge on any atom is -0.497 e. The van der Waals surface area contributed by atoms with Crippen LogP contribution in [-0.4, -0.2) is 48.2 Å². The fraction of sp³-hybridized carbons (Fsp3) is 0.467. The maximum absolute atomic E-state index is 12.7. The summed E-state index contributed by atoms with van der Waals surface area (Å²) in [5.41, 5.74) is -0.798. The summed E-state index contributed by atoms with van der Waals surface area (Å²) in [6, 6.07) is 4.84. The van der Waals surface area contributed by atoms with E-state index in [9.17, 15) is 14.7 Å². The Bertz CT molecular complexity index is 549. The summed E-state index contributed by atoms with van der Waals surface area (Å²) in [7, 11) is 3.00. The summed E-state index contributed by atoms with van der Waals surface area (Å²) >= 11 is 0. The van der Waals surface area contributed by atoms with E-state index in [1.807, 2.05) is 0 Å². The topological polar surface area (TPSA) is 76.1 Å². The first kappa shape index (κ1) is 15.2. The molecule has 1 heterocycles. The van der Waals surface area contributed by atoms with Crippen molar-refractivity contribution >= 4 is 11.9 Å². The van der Waals surface area contributed by atoms with Crippen LogP contribution in [0.4, 0.5) is 0 Å². The second-order valence-electron chi connectivity index (χ2n) is 5.24. The zero-order chi connectivity index (χ0) is 15.6. The average Bonchev–Trinajstić information content (AvgIpc) is 2.89. The molecule has 0 radical (unpaired) electrons. The molecule has 114 valence electrons. The molecular weight excluding hydrogens is 274 g/mol. The number of aliphatic carboxylic acids is 1. The van der Waals surface area contributed by atoms with E-state index >= 15 is 0 Å². The van der Waals surface area contributed by atoms with Crippen molar-refractivity contribution in [3.8, 4) is 11.5 Å². The van der Waals surface area contributed by atoms with E-state index < -0.39 is 11.5 Å². The molecule has 1 aromatic rings. The number of carboxylic acids is 1. The molecule has 1 unspecified atom stereocenters. The minimum absolute atomic E-state index is 0.324.